The minimum atomic E-state index is -1.06. The minimum absolute atomic E-state index is 0.0784. The van der Waals surface area contributed by atoms with Gasteiger partial charge in [-0.1, -0.05) is 26.7 Å². The van der Waals surface area contributed by atoms with Crippen LogP contribution in [0.1, 0.15) is 66.2 Å². The summed E-state index contributed by atoms with van der Waals surface area (Å²) in [6.45, 7) is 3.98. The molecule has 110 valence electrons. The van der Waals surface area contributed by atoms with Crippen molar-refractivity contribution in [3.63, 3.8) is 0 Å². The monoisotopic (exact) mass is 279 g/mol. The maximum absolute atomic E-state index is 12.1. The van der Waals surface area contributed by atoms with E-state index < -0.39 is 5.97 Å². The number of hydrogen-bond donors (Lipinski definition) is 2. The maximum atomic E-state index is 12.1. The number of nitrogens with one attached hydrogen (secondary N) is 1. The Morgan fingerprint density at radius 1 is 1.45 bits per heavy atom. The summed E-state index contributed by atoms with van der Waals surface area (Å²) in [5.74, 6) is -0.314. The zero-order valence-electron chi connectivity index (χ0n) is 11.9. The van der Waals surface area contributed by atoms with Crippen molar-refractivity contribution in [2.24, 2.45) is 5.92 Å². The number of hydrogen-bond acceptors (Lipinski definition) is 3. The van der Waals surface area contributed by atoms with Gasteiger partial charge in [0, 0.05) is 18.5 Å². The summed E-state index contributed by atoms with van der Waals surface area (Å²) in [6, 6.07) is 1.48. The Bertz CT molecular complexity index is 506. The zero-order valence-corrected chi connectivity index (χ0v) is 11.9. The average Bonchev–Trinajstić information content (AvgIpc) is 2.83. The number of furan rings is 1. The lowest BCUT2D eigenvalue weighted by Gasteiger charge is -2.27. The molecular weight excluding hydrogens is 258 g/mol. The topological polar surface area (TPSA) is 79.5 Å². The van der Waals surface area contributed by atoms with Crippen LogP contribution in [-0.4, -0.2) is 23.0 Å². The number of carbonyl (C=O) groups excluding carboxylic acids is 1. The molecule has 1 aromatic rings. The Morgan fingerprint density at radius 2 is 2.20 bits per heavy atom. The molecular formula is C15H21NO4. The molecule has 0 aliphatic heterocycles. The fraction of sp³-hybridized carbons (Fsp3) is 0.600. The Balaban J connectivity index is 2.07. The summed E-state index contributed by atoms with van der Waals surface area (Å²) >= 11 is 0. The predicted molar refractivity (Wildman–Crippen MR) is 73.9 cm³/mol. The molecule has 2 unspecified atom stereocenters. The van der Waals surface area contributed by atoms with Crippen LogP contribution in [-0.2, 0) is 6.42 Å². The number of rotatable bonds is 4. The molecule has 2 rings (SSSR count). The first-order chi connectivity index (χ1) is 9.51. The Hall–Kier alpha value is -1.78. The van der Waals surface area contributed by atoms with E-state index in [0.29, 0.717) is 18.1 Å². The minimum Gasteiger partial charge on any atom is -0.478 e. The molecule has 0 bridgehead atoms. The van der Waals surface area contributed by atoms with Crippen LogP contribution in [0.3, 0.4) is 0 Å². The SMILES string of the molecule is CCc1oc(C(=O)NC2CCCC(C)C2)cc1C(=O)O. The maximum Gasteiger partial charge on any atom is 0.339 e. The number of carboxylic acid groups (broad SMARTS) is 1. The van der Waals surface area contributed by atoms with E-state index in [-0.39, 0.29) is 23.3 Å². The second kappa shape index (κ2) is 6.11. The fourth-order valence-corrected chi connectivity index (χ4v) is 2.81. The van der Waals surface area contributed by atoms with E-state index in [9.17, 15) is 9.59 Å². The molecule has 0 radical (unpaired) electrons. The van der Waals surface area contributed by atoms with Gasteiger partial charge in [0.05, 0.1) is 0 Å². The molecule has 2 atom stereocenters. The molecule has 0 aromatic carbocycles. The van der Waals surface area contributed by atoms with Crippen molar-refractivity contribution in [3.8, 4) is 0 Å². The summed E-state index contributed by atoms with van der Waals surface area (Å²) in [4.78, 5) is 23.2. The highest BCUT2D eigenvalue weighted by molar-refractivity contribution is 5.96. The van der Waals surface area contributed by atoms with Crippen LogP contribution >= 0.6 is 0 Å². The standard InChI is InChI=1S/C15H21NO4/c1-3-12-11(15(18)19)8-13(20-12)14(17)16-10-6-4-5-9(2)7-10/h8-10H,3-7H2,1-2H3,(H,16,17)(H,18,19). The van der Waals surface area contributed by atoms with Crippen molar-refractivity contribution in [2.75, 3.05) is 0 Å². The van der Waals surface area contributed by atoms with E-state index in [2.05, 4.69) is 12.2 Å². The molecule has 20 heavy (non-hydrogen) atoms. The Kier molecular flexibility index (Phi) is 4.47. The first kappa shape index (κ1) is 14.6. The lowest BCUT2D eigenvalue weighted by atomic mass is 9.87. The van der Waals surface area contributed by atoms with Gasteiger partial charge in [-0.3, -0.25) is 4.79 Å². The number of aromatic carboxylic acids is 1. The number of aryl methyl sites for hydroxylation is 1. The lowest BCUT2D eigenvalue weighted by molar-refractivity contribution is 0.0694. The molecule has 1 aliphatic carbocycles. The summed E-state index contributed by atoms with van der Waals surface area (Å²) in [5, 5.41) is 12.0. The van der Waals surface area contributed by atoms with Crippen LogP contribution in [0, 0.1) is 5.92 Å². The molecule has 5 heteroatoms. The van der Waals surface area contributed by atoms with Crippen LogP contribution in [0.4, 0.5) is 0 Å². The van der Waals surface area contributed by atoms with Gasteiger partial charge in [-0.2, -0.15) is 0 Å². The third-order valence-electron chi connectivity index (χ3n) is 3.86. The van der Waals surface area contributed by atoms with Crippen LogP contribution in [0.2, 0.25) is 0 Å². The average molecular weight is 279 g/mol. The number of amides is 1. The highest BCUT2D eigenvalue weighted by atomic mass is 16.4. The molecule has 0 spiro atoms. The van der Waals surface area contributed by atoms with Crippen molar-refractivity contribution in [1.82, 2.24) is 5.32 Å². The van der Waals surface area contributed by atoms with Crippen molar-refractivity contribution in [1.29, 1.82) is 0 Å². The highest BCUT2D eigenvalue weighted by Crippen LogP contribution is 2.24. The van der Waals surface area contributed by atoms with Crippen molar-refractivity contribution < 1.29 is 19.1 Å². The first-order valence-electron chi connectivity index (χ1n) is 7.18. The zero-order chi connectivity index (χ0) is 14.7. The van der Waals surface area contributed by atoms with Gasteiger partial charge < -0.3 is 14.8 Å². The number of carboxylic acids is 1. The fourth-order valence-electron chi connectivity index (χ4n) is 2.81. The third-order valence-corrected chi connectivity index (χ3v) is 3.86. The van der Waals surface area contributed by atoms with Crippen molar-refractivity contribution in [2.45, 2.75) is 52.0 Å². The summed E-state index contributed by atoms with van der Waals surface area (Å²) in [5.41, 5.74) is 0.0784. The largest absolute Gasteiger partial charge is 0.478 e. The van der Waals surface area contributed by atoms with Gasteiger partial charge >= 0.3 is 5.97 Å². The molecule has 5 nitrogen and oxygen atoms in total. The van der Waals surface area contributed by atoms with E-state index in [4.69, 9.17) is 9.52 Å². The van der Waals surface area contributed by atoms with Crippen molar-refractivity contribution in [3.05, 3.63) is 23.2 Å². The predicted octanol–water partition coefficient (Wildman–Crippen LogP) is 2.85. The Labute approximate surface area is 118 Å². The number of carbonyl (C=O) groups is 2. The normalized spacial score (nSPS) is 22.5. The molecule has 0 saturated heterocycles. The summed E-state index contributed by atoms with van der Waals surface area (Å²) in [7, 11) is 0. The van der Waals surface area contributed by atoms with Gasteiger partial charge in [0.1, 0.15) is 11.3 Å². The van der Waals surface area contributed by atoms with Crippen LogP contribution < -0.4 is 5.32 Å². The highest BCUT2D eigenvalue weighted by Gasteiger charge is 2.24. The summed E-state index contributed by atoms with van der Waals surface area (Å²) in [6.07, 6.45) is 4.72. The van der Waals surface area contributed by atoms with E-state index in [1.54, 1.807) is 6.92 Å². The van der Waals surface area contributed by atoms with Gasteiger partial charge in [0.15, 0.2) is 5.76 Å². The Morgan fingerprint density at radius 3 is 2.75 bits per heavy atom. The van der Waals surface area contributed by atoms with Crippen LogP contribution in [0.15, 0.2) is 10.5 Å². The van der Waals surface area contributed by atoms with Gasteiger partial charge in [0.25, 0.3) is 5.91 Å². The van der Waals surface area contributed by atoms with Gasteiger partial charge in [-0.15, -0.1) is 0 Å². The van der Waals surface area contributed by atoms with E-state index in [1.165, 1.54) is 12.5 Å². The lowest BCUT2D eigenvalue weighted by Crippen LogP contribution is -2.37. The quantitative estimate of drug-likeness (QED) is 0.888. The van der Waals surface area contributed by atoms with Crippen LogP contribution in [0.25, 0.3) is 0 Å². The molecule has 1 heterocycles. The molecule has 2 N–H and O–H groups in total. The van der Waals surface area contributed by atoms with Gasteiger partial charge in [0.2, 0.25) is 0 Å². The van der Waals surface area contributed by atoms with Crippen molar-refractivity contribution >= 4 is 11.9 Å². The second-order valence-electron chi connectivity index (χ2n) is 5.55. The van der Waals surface area contributed by atoms with Crippen LogP contribution in [0.5, 0.6) is 0 Å². The van der Waals surface area contributed by atoms with Gasteiger partial charge in [-0.05, 0) is 18.8 Å². The van der Waals surface area contributed by atoms with E-state index >= 15 is 0 Å². The smallest absolute Gasteiger partial charge is 0.339 e. The van der Waals surface area contributed by atoms with E-state index in [1.807, 2.05) is 0 Å². The third kappa shape index (κ3) is 3.21. The first-order valence-corrected chi connectivity index (χ1v) is 7.18. The molecule has 1 fully saturated rings. The molecule has 1 aliphatic rings. The summed E-state index contributed by atoms with van der Waals surface area (Å²) < 4.78 is 5.36. The van der Waals surface area contributed by atoms with E-state index in [0.717, 1.165) is 19.3 Å². The van der Waals surface area contributed by atoms with Gasteiger partial charge in [-0.25, -0.2) is 4.79 Å². The molecule has 1 amide bonds. The second-order valence-corrected chi connectivity index (χ2v) is 5.55. The molecule has 1 saturated carbocycles. The molecule has 1 aromatic heterocycles.